The van der Waals surface area contributed by atoms with Gasteiger partial charge in [-0.2, -0.15) is 0 Å². The maximum Gasteiger partial charge on any atom is 0.220 e. The molecule has 0 atom stereocenters. The average molecular weight is 194 g/mol. The summed E-state index contributed by atoms with van der Waals surface area (Å²) in [6.45, 7) is 1.90. The molecule has 13 heavy (non-hydrogen) atoms. The van der Waals surface area contributed by atoms with Crippen molar-refractivity contribution in [2.24, 2.45) is 0 Å². The van der Waals surface area contributed by atoms with Crippen LogP contribution in [-0.2, 0) is 0 Å². The normalized spacial score (nSPS) is 10.6. The first-order chi connectivity index (χ1) is 6.16. The van der Waals surface area contributed by atoms with E-state index in [1.165, 1.54) is 0 Å². The van der Waals surface area contributed by atoms with E-state index in [1.807, 2.05) is 19.1 Å². The minimum absolute atomic E-state index is 0.285. The summed E-state index contributed by atoms with van der Waals surface area (Å²) >= 11 is 5.82. The van der Waals surface area contributed by atoms with Crippen LogP contribution < -0.4 is 5.73 Å². The molecule has 0 amide bonds. The average Bonchev–Trinajstić information content (AvgIpc) is 2.02. The Balaban J connectivity index is 2.86. The van der Waals surface area contributed by atoms with Gasteiger partial charge in [-0.25, -0.2) is 9.97 Å². The molecule has 0 unspecified atom stereocenters. The molecule has 0 saturated heterocycles. The van der Waals surface area contributed by atoms with E-state index in [9.17, 15) is 0 Å². The lowest BCUT2D eigenvalue weighted by Gasteiger charge is -2.01. The van der Waals surface area contributed by atoms with Crippen LogP contribution in [0.4, 0.5) is 5.95 Å². The number of nitrogens with zero attached hydrogens (tertiary/aromatic N) is 2. The topological polar surface area (TPSA) is 51.8 Å². The minimum atomic E-state index is 0.285. The maximum atomic E-state index is 5.82. The zero-order chi connectivity index (χ0) is 9.42. The van der Waals surface area contributed by atoms with Crippen molar-refractivity contribution in [3.63, 3.8) is 0 Å². The smallest absolute Gasteiger partial charge is 0.220 e. The summed E-state index contributed by atoms with van der Waals surface area (Å²) in [7, 11) is 0. The summed E-state index contributed by atoms with van der Waals surface area (Å²) in [4.78, 5) is 8.13. The van der Waals surface area contributed by atoms with Gasteiger partial charge < -0.3 is 5.73 Å². The van der Waals surface area contributed by atoms with Crippen LogP contribution in [0.2, 0.25) is 5.02 Å². The lowest BCUT2D eigenvalue weighted by Crippen LogP contribution is -1.97. The molecule has 1 aromatic heterocycles. The largest absolute Gasteiger partial charge is 0.368 e. The number of nitrogens with two attached hydrogens (primary N) is 1. The van der Waals surface area contributed by atoms with Crippen molar-refractivity contribution >= 4 is 28.5 Å². The summed E-state index contributed by atoms with van der Waals surface area (Å²) in [5.41, 5.74) is 7.17. The van der Waals surface area contributed by atoms with Gasteiger partial charge in [0.15, 0.2) is 0 Å². The second-order valence-electron chi connectivity index (χ2n) is 2.83. The second-order valence-corrected chi connectivity index (χ2v) is 3.27. The van der Waals surface area contributed by atoms with Crippen molar-refractivity contribution in [3.05, 3.63) is 28.9 Å². The molecule has 2 aromatic rings. The third-order valence-corrected chi connectivity index (χ3v) is 2.10. The van der Waals surface area contributed by atoms with E-state index in [-0.39, 0.29) is 5.95 Å². The second kappa shape index (κ2) is 2.85. The molecule has 0 fully saturated rings. The van der Waals surface area contributed by atoms with Crippen LogP contribution in [0.1, 0.15) is 5.69 Å². The highest BCUT2D eigenvalue weighted by molar-refractivity contribution is 6.31. The third-order valence-electron chi connectivity index (χ3n) is 1.87. The molecule has 1 heterocycles. The van der Waals surface area contributed by atoms with Crippen LogP contribution in [0, 0.1) is 6.92 Å². The summed E-state index contributed by atoms with van der Waals surface area (Å²) in [5, 5.41) is 1.64. The summed E-state index contributed by atoms with van der Waals surface area (Å²) in [5.74, 6) is 0.285. The zero-order valence-electron chi connectivity index (χ0n) is 7.08. The van der Waals surface area contributed by atoms with Crippen LogP contribution in [0.3, 0.4) is 0 Å². The summed E-state index contributed by atoms with van der Waals surface area (Å²) in [6, 6.07) is 5.49. The number of aromatic nitrogens is 2. The van der Waals surface area contributed by atoms with E-state index in [2.05, 4.69) is 9.97 Å². The van der Waals surface area contributed by atoms with Crippen molar-refractivity contribution in [2.45, 2.75) is 6.92 Å². The molecule has 1 aromatic carbocycles. The number of anilines is 1. The summed E-state index contributed by atoms with van der Waals surface area (Å²) in [6.07, 6.45) is 0. The van der Waals surface area contributed by atoms with E-state index in [1.54, 1.807) is 6.07 Å². The Morgan fingerprint density at radius 1 is 1.31 bits per heavy atom. The number of rotatable bonds is 0. The SMILES string of the molecule is Cc1nc(N)nc2cc(Cl)ccc12. The fraction of sp³-hybridized carbons (Fsp3) is 0.111. The number of fused-ring (bicyclic) bond motifs is 1. The fourth-order valence-corrected chi connectivity index (χ4v) is 1.45. The molecule has 66 valence electrons. The predicted molar refractivity (Wildman–Crippen MR) is 53.7 cm³/mol. The fourth-order valence-electron chi connectivity index (χ4n) is 1.28. The highest BCUT2D eigenvalue weighted by Crippen LogP contribution is 2.19. The number of aryl methyl sites for hydroxylation is 1. The molecule has 0 aliphatic carbocycles. The van der Waals surface area contributed by atoms with Crippen molar-refractivity contribution in [1.29, 1.82) is 0 Å². The summed E-state index contributed by atoms with van der Waals surface area (Å²) < 4.78 is 0. The van der Waals surface area contributed by atoms with Gasteiger partial charge in [0.05, 0.1) is 11.2 Å². The first kappa shape index (κ1) is 8.26. The standard InChI is InChI=1S/C9H8ClN3/c1-5-7-3-2-6(10)4-8(7)13-9(11)12-5/h2-4H,1H3,(H2,11,12,13). The molecule has 0 spiro atoms. The van der Waals surface area contributed by atoms with E-state index in [0.717, 1.165) is 16.6 Å². The zero-order valence-corrected chi connectivity index (χ0v) is 7.84. The van der Waals surface area contributed by atoms with Crippen LogP contribution in [0.25, 0.3) is 10.9 Å². The number of hydrogen-bond donors (Lipinski definition) is 1. The van der Waals surface area contributed by atoms with E-state index < -0.39 is 0 Å². The molecule has 2 N–H and O–H groups in total. The molecule has 0 saturated carbocycles. The molecule has 4 heteroatoms. The number of benzene rings is 1. The highest BCUT2D eigenvalue weighted by atomic mass is 35.5. The van der Waals surface area contributed by atoms with Crippen molar-refractivity contribution < 1.29 is 0 Å². The number of halogens is 1. The van der Waals surface area contributed by atoms with Crippen molar-refractivity contribution in [2.75, 3.05) is 5.73 Å². The molecule has 3 nitrogen and oxygen atoms in total. The first-order valence-corrected chi connectivity index (χ1v) is 4.24. The van der Waals surface area contributed by atoms with Crippen LogP contribution in [0.15, 0.2) is 18.2 Å². The maximum absolute atomic E-state index is 5.82. The Morgan fingerprint density at radius 3 is 2.85 bits per heavy atom. The van der Waals surface area contributed by atoms with Gasteiger partial charge in [0.2, 0.25) is 5.95 Å². The van der Waals surface area contributed by atoms with Gasteiger partial charge in [0, 0.05) is 10.4 Å². The van der Waals surface area contributed by atoms with Gasteiger partial charge in [-0.05, 0) is 25.1 Å². The molecule has 2 rings (SSSR count). The number of nitrogen functional groups attached to an aromatic ring is 1. The molecular weight excluding hydrogens is 186 g/mol. The van der Waals surface area contributed by atoms with Crippen molar-refractivity contribution in [3.8, 4) is 0 Å². The molecule has 0 bridgehead atoms. The molecule has 0 aliphatic heterocycles. The molecular formula is C9H8ClN3. The Bertz CT molecular complexity index is 462. The first-order valence-electron chi connectivity index (χ1n) is 3.86. The van der Waals surface area contributed by atoms with E-state index >= 15 is 0 Å². The van der Waals surface area contributed by atoms with Crippen LogP contribution in [-0.4, -0.2) is 9.97 Å². The van der Waals surface area contributed by atoms with E-state index in [4.69, 9.17) is 17.3 Å². The van der Waals surface area contributed by atoms with Gasteiger partial charge in [-0.1, -0.05) is 11.6 Å². The van der Waals surface area contributed by atoms with Gasteiger partial charge in [-0.3, -0.25) is 0 Å². The van der Waals surface area contributed by atoms with Gasteiger partial charge in [0.1, 0.15) is 0 Å². The quantitative estimate of drug-likeness (QED) is 0.698. The monoisotopic (exact) mass is 193 g/mol. The molecule has 0 aliphatic rings. The number of hydrogen-bond acceptors (Lipinski definition) is 3. The van der Waals surface area contributed by atoms with Crippen LogP contribution >= 0.6 is 11.6 Å². The Labute approximate surface area is 80.6 Å². The van der Waals surface area contributed by atoms with Gasteiger partial charge in [-0.15, -0.1) is 0 Å². The van der Waals surface area contributed by atoms with Gasteiger partial charge in [0.25, 0.3) is 0 Å². The van der Waals surface area contributed by atoms with Crippen molar-refractivity contribution in [1.82, 2.24) is 9.97 Å². The minimum Gasteiger partial charge on any atom is -0.368 e. The Kier molecular flexibility index (Phi) is 1.81. The van der Waals surface area contributed by atoms with E-state index in [0.29, 0.717) is 5.02 Å². The predicted octanol–water partition coefficient (Wildman–Crippen LogP) is 2.17. The van der Waals surface area contributed by atoms with Crippen LogP contribution in [0.5, 0.6) is 0 Å². The molecule has 0 radical (unpaired) electrons. The Hall–Kier alpha value is -1.35. The highest BCUT2D eigenvalue weighted by Gasteiger charge is 2.01. The lowest BCUT2D eigenvalue weighted by atomic mass is 10.2. The Morgan fingerprint density at radius 2 is 2.08 bits per heavy atom. The third kappa shape index (κ3) is 1.42. The lowest BCUT2D eigenvalue weighted by molar-refractivity contribution is 1.17. The van der Waals surface area contributed by atoms with Gasteiger partial charge >= 0.3 is 0 Å².